The van der Waals surface area contributed by atoms with E-state index in [1.807, 2.05) is 0 Å². The van der Waals surface area contributed by atoms with E-state index in [1.165, 1.54) is 18.6 Å². The van der Waals surface area contributed by atoms with Gasteiger partial charge in [-0.15, -0.1) is 5.10 Å². The summed E-state index contributed by atoms with van der Waals surface area (Å²) in [5, 5.41) is 18.3. The topological polar surface area (TPSA) is 101 Å². The monoisotopic (exact) mass is 269 g/mol. The van der Waals surface area contributed by atoms with Crippen molar-refractivity contribution < 1.29 is 9.90 Å². The van der Waals surface area contributed by atoms with Gasteiger partial charge >= 0.3 is 0 Å². The highest BCUT2D eigenvalue weighted by atomic mass is 16.2. The van der Waals surface area contributed by atoms with Crippen LogP contribution in [-0.2, 0) is 0 Å². The van der Waals surface area contributed by atoms with E-state index >= 15 is 0 Å². The van der Waals surface area contributed by atoms with E-state index in [9.17, 15) is 4.79 Å². The molecule has 0 radical (unpaired) electrons. The summed E-state index contributed by atoms with van der Waals surface area (Å²) in [5.41, 5.74) is 0.901. The van der Waals surface area contributed by atoms with Crippen molar-refractivity contribution in [1.82, 2.24) is 20.2 Å². The standard InChI is InChI=1S/C13H11N5O2/c19-8-2-1-3-10-4-5-11(15-9-10)12(20)17-13-14-6-7-16-18-13/h4-7,9,19H,2,8H2,(H,14,17,18,20). The van der Waals surface area contributed by atoms with Crippen molar-refractivity contribution in [2.24, 2.45) is 0 Å². The number of anilines is 1. The molecular formula is C13H11N5O2. The number of aliphatic hydroxyl groups is 1. The van der Waals surface area contributed by atoms with Gasteiger partial charge in [-0.2, -0.15) is 5.10 Å². The zero-order valence-electron chi connectivity index (χ0n) is 10.4. The first-order valence-electron chi connectivity index (χ1n) is 5.80. The van der Waals surface area contributed by atoms with Crippen LogP contribution >= 0.6 is 0 Å². The number of aromatic nitrogens is 4. The maximum atomic E-state index is 11.8. The Hall–Kier alpha value is -2.85. The fourth-order valence-electron chi connectivity index (χ4n) is 1.29. The highest BCUT2D eigenvalue weighted by molar-refractivity contribution is 6.01. The largest absolute Gasteiger partial charge is 0.395 e. The van der Waals surface area contributed by atoms with Crippen LogP contribution in [0.25, 0.3) is 0 Å². The summed E-state index contributed by atoms with van der Waals surface area (Å²) in [6.45, 7) is 0.0199. The van der Waals surface area contributed by atoms with Crippen LogP contribution in [0.1, 0.15) is 22.5 Å². The maximum Gasteiger partial charge on any atom is 0.276 e. The molecule has 0 unspecified atom stereocenters. The molecule has 2 N–H and O–H groups in total. The Labute approximate surface area is 115 Å². The second kappa shape index (κ2) is 6.92. The minimum absolute atomic E-state index is 0.0199. The summed E-state index contributed by atoms with van der Waals surface area (Å²) in [5.74, 6) is 5.29. The highest BCUT2D eigenvalue weighted by Crippen LogP contribution is 2.02. The number of nitrogens with one attached hydrogen (secondary N) is 1. The molecule has 2 aromatic heterocycles. The van der Waals surface area contributed by atoms with Crippen LogP contribution in [0, 0.1) is 11.8 Å². The average Bonchev–Trinajstić information content (AvgIpc) is 2.49. The number of rotatable bonds is 3. The van der Waals surface area contributed by atoms with Gasteiger partial charge in [0.25, 0.3) is 5.91 Å². The van der Waals surface area contributed by atoms with E-state index in [2.05, 4.69) is 37.3 Å². The molecule has 0 aliphatic rings. The van der Waals surface area contributed by atoms with Crippen molar-refractivity contribution in [2.45, 2.75) is 6.42 Å². The minimum atomic E-state index is -0.423. The first-order valence-corrected chi connectivity index (χ1v) is 5.80. The molecule has 100 valence electrons. The highest BCUT2D eigenvalue weighted by Gasteiger charge is 2.08. The third-order valence-corrected chi connectivity index (χ3v) is 2.17. The van der Waals surface area contributed by atoms with Gasteiger partial charge in [0.05, 0.1) is 19.0 Å². The third-order valence-electron chi connectivity index (χ3n) is 2.17. The molecule has 0 aliphatic heterocycles. The third kappa shape index (κ3) is 3.83. The zero-order valence-corrected chi connectivity index (χ0v) is 10.4. The molecule has 1 amide bonds. The van der Waals surface area contributed by atoms with Gasteiger partial charge < -0.3 is 5.11 Å². The Balaban J connectivity index is 2.03. The summed E-state index contributed by atoms with van der Waals surface area (Å²) in [6.07, 6.45) is 4.73. The lowest BCUT2D eigenvalue weighted by atomic mass is 10.2. The normalized spacial score (nSPS) is 9.45. The van der Waals surface area contributed by atoms with Gasteiger partial charge in [0.15, 0.2) is 0 Å². The van der Waals surface area contributed by atoms with E-state index in [0.717, 1.165) is 0 Å². The Morgan fingerprint density at radius 1 is 1.30 bits per heavy atom. The molecule has 0 aliphatic carbocycles. The van der Waals surface area contributed by atoms with Crippen molar-refractivity contribution in [3.05, 3.63) is 42.0 Å². The van der Waals surface area contributed by atoms with E-state index in [0.29, 0.717) is 12.0 Å². The quantitative estimate of drug-likeness (QED) is 0.775. The van der Waals surface area contributed by atoms with Crippen LogP contribution in [0.3, 0.4) is 0 Å². The molecule has 2 heterocycles. The van der Waals surface area contributed by atoms with Gasteiger partial charge in [0.1, 0.15) is 5.69 Å². The fraction of sp³-hybridized carbons (Fsp3) is 0.154. The molecule has 0 aromatic carbocycles. The summed E-state index contributed by atoms with van der Waals surface area (Å²) >= 11 is 0. The average molecular weight is 269 g/mol. The molecule has 20 heavy (non-hydrogen) atoms. The van der Waals surface area contributed by atoms with Crippen LogP contribution in [0.2, 0.25) is 0 Å². The first-order chi connectivity index (χ1) is 9.79. The lowest BCUT2D eigenvalue weighted by Crippen LogP contribution is -2.15. The summed E-state index contributed by atoms with van der Waals surface area (Å²) in [4.78, 5) is 19.7. The second-order valence-electron chi connectivity index (χ2n) is 3.63. The molecule has 2 aromatic rings. The molecule has 0 saturated carbocycles. The Kier molecular flexibility index (Phi) is 4.70. The van der Waals surface area contributed by atoms with Gasteiger partial charge in [-0.1, -0.05) is 11.8 Å². The predicted molar refractivity (Wildman–Crippen MR) is 70.6 cm³/mol. The predicted octanol–water partition coefficient (Wildman–Crippen LogP) is 0.253. The van der Waals surface area contributed by atoms with E-state index in [-0.39, 0.29) is 18.2 Å². The van der Waals surface area contributed by atoms with Gasteiger partial charge in [-0.25, -0.2) is 9.97 Å². The molecule has 7 heteroatoms. The number of hydrogen-bond donors (Lipinski definition) is 2. The van der Waals surface area contributed by atoms with E-state index in [4.69, 9.17) is 5.11 Å². The first kappa shape index (κ1) is 13.6. The molecule has 0 fully saturated rings. The number of nitrogens with zero attached hydrogens (tertiary/aromatic N) is 4. The number of amides is 1. The van der Waals surface area contributed by atoms with Crippen molar-refractivity contribution in [1.29, 1.82) is 0 Å². The number of carbonyl (C=O) groups is 1. The molecule has 2 rings (SSSR count). The van der Waals surface area contributed by atoms with Gasteiger partial charge in [-0.05, 0) is 12.1 Å². The van der Waals surface area contributed by atoms with Crippen LogP contribution in [0.15, 0.2) is 30.7 Å². The number of carbonyl (C=O) groups excluding carboxylic acids is 1. The van der Waals surface area contributed by atoms with Crippen molar-refractivity contribution in [2.75, 3.05) is 11.9 Å². The Morgan fingerprint density at radius 2 is 2.20 bits per heavy atom. The SMILES string of the molecule is O=C(Nc1nccnn1)c1ccc(C#CCCO)cn1. The van der Waals surface area contributed by atoms with Gasteiger partial charge in [-0.3, -0.25) is 10.1 Å². The van der Waals surface area contributed by atoms with Crippen LogP contribution in [0.5, 0.6) is 0 Å². The second-order valence-corrected chi connectivity index (χ2v) is 3.63. The molecular weight excluding hydrogens is 258 g/mol. The van der Waals surface area contributed by atoms with Crippen LogP contribution in [0.4, 0.5) is 5.95 Å². The fourth-order valence-corrected chi connectivity index (χ4v) is 1.29. The summed E-state index contributed by atoms with van der Waals surface area (Å²) in [6, 6.07) is 3.23. The molecule has 0 spiro atoms. The lowest BCUT2D eigenvalue weighted by molar-refractivity contribution is 0.102. The Bertz CT molecular complexity index is 631. The lowest BCUT2D eigenvalue weighted by Gasteiger charge is -2.01. The molecule has 0 saturated heterocycles. The Morgan fingerprint density at radius 3 is 2.85 bits per heavy atom. The smallest absolute Gasteiger partial charge is 0.276 e. The molecule has 7 nitrogen and oxygen atoms in total. The molecule has 0 bridgehead atoms. The van der Waals surface area contributed by atoms with Gasteiger partial charge in [0.2, 0.25) is 5.95 Å². The van der Waals surface area contributed by atoms with Crippen LogP contribution < -0.4 is 5.32 Å². The van der Waals surface area contributed by atoms with Gasteiger partial charge in [0, 0.05) is 18.2 Å². The van der Waals surface area contributed by atoms with E-state index < -0.39 is 5.91 Å². The minimum Gasteiger partial charge on any atom is -0.395 e. The summed E-state index contributed by atoms with van der Waals surface area (Å²) < 4.78 is 0. The zero-order chi connectivity index (χ0) is 14.2. The van der Waals surface area contributed by atoms with E-state index in [1.54, 1.807) is 12.1 Å². The number of hydrogen-bond acceptors (Lipinski definition) is 6. The van der Waals surface area contributed by atoms with Crippen LogP contribution in [-0.4, -0.2) is 37.8 Å². The number of pyridine rings is 1. The van der Waals surface area contributed by atoms with Crippen molar-refractivity contribution in [3.8, 4) is 11.8 Å². The number of aliphatic hydroxyl groups excluding tert-OH is 1. The maximum absolute atomic E-state index is 11.8. The van der Waals surface area contributed by atoms with Crippen molar-refractivity contribution >= 4 is 11.9 Å². The molecule has 0 atom stereocenters. The van der Waals surface area contributed by atoms with Crippen molar-refractivity contribution in [3.63, 3.8) is 0 Å². The summed E-state index contributed by atoms with van der Waals surface area (Å²) in [7, 11) is 0.